The molecule has 0 radical (unpaired) electrons. The van der Waals surface area contributed by atoms with Gasteiger partial charge in [-0.05, 0) is 36.1 Å². The Labute approximate surface area is 133 Å². The zero-order valence-electron chi connectivity index (χ0n) is 12.4. The van der Waals surface area contributed by atoms with Gasteiger partial charge in [-0.25, -0.2) is 9.37 Å². The first-order valence-corrected chi connectivity index (χ1v) is 8.04. The zero-order valence-corrected chi connectivity index (χ0v) is 13.2. The maximum atomic E-state index is 14.0. The van der Waals surface area contributed by atoms with Gasteiger partial charge in [-0.3, -0.25) is 0 Å². The van der Waals surface area contributed by atoms with Crippen LogP contribution in [0.5, 0.6) is 0 Å². The quantitative estimate of drug-likeness (QED) is 0.673. The van der Waals surface area contributed by atoms with Crippen molar-refractivity contribution in [2.75, 3.05) is 4.90 Å². The summed E-state index contributed by atoms with van der Waals surface area (Å²) in [7, 11) is 0. The first-order chi connectivity index (χ1) is 10.7. The summed E-state index contributed by atoms with van der Waals surface area (Å²) in [5.41, 5.74) is 1.78. The molecule has 22 heavy (non-hydrogen) atoms. The van der Waals surface area contributed by atoms with Gasteiger partial charge in [0.2, 0.25) is 0 Å². The summed E-state index contributed by atoms with van der Waals surface area (Å²) in [5.74, 6) is 0.728. The molecule has 0 aliphatic heterocycles. The van der Waals surface area contributed by atoms with E-state index in [-0.39, 0.29) is 5.82 Å². The molecule has 0 saturated carbocycles. The van der Waals surface area contributed by atoms with Crippen LogP contribution < -0.4 is 4.90 Å². The predicted octanol–water partition coefficient (Wildman–Crippen LogP) is 4.80. The van der Waals surface area contributed by atoms with Crippen molar-refractivity contribution in [1.29, 1.82) is 0 Å². The normalized spacial score (nSPS) is 10.6. The largest absolute Gasteiger partial charge is 0.347 e. The van der Waals surface area contributed by atoms with Crippen molar-refractivity contribution >= 4 is 17.2 Å². The third kappa shape index (κ3) is 3.34. The fourth-order valence-corrected chi connectivity index (χ4v) is 3.16. The average Bonchev–Trinajstić information content (AvgIpc) is 3.02. The first kappa shape index (κ1) is 14.7. The lowest BCUT2D eigenvalue weighted by atomic mass is 10.2. The molecule has 1 aromatic carbocycles. The molecule has 0 bridgehead atoms. The van der Waals surface area contributed by atoms with Crippen LogP contribution in [0.1, 0.15) is 16.0 Å². The van der Waals surface area contributed by atoms with Gasteiger partial charge in [0, 0.05) is 23.2 Å². The Balaban J connectivity index is 1.92. The van der Waals surface area contributed by atoms with Crippen molar-refractivity contribution in [3.63, 3.8) is 0 Å². The Morgan fingerprint density at radius 1 is 1.05 bits per heavy atom. The second kappa shape index (κ2) is 6.71. The minimum Gasteiger partial charge on any atom is -0.347 e. The van der Waals surface area contributed by atoms with Crippen molar-refractivity contribution in [3.8, 4) is 0 Å². The number of thiophene rings is 1. The van der Waals surface area contributed by atoms with E-state index in [1.807, 2.05) is 37.3 Å². The van der Waals surface area contributed by atoms with Crippen molar-refractivity contribution in [1.82, 2.24) is 4.98 Å². The SMILES string of the molecule is Cc1cccnc1N(Cc1cccs1)Cc1ccccc1F. The van der Waals surface area contributed by atoms with Gasteiger partial charge in [0.15, 0.2) is 0 Å². The second-order valence-electron chi connectivity index (χ2n) is 5.17. The molecule has 0 amide bonds. The predicted molar refractivity (Wildman–Crippen MR) is 89.6 cm³/mol. The number of rotatable bonds is 5. The molecule has 0 aliphatic rings. The van der Waals surface area contributed by atoms with Crippen molar-refractivity contribution < 1.29 is 4.39 Å². The number of anilines is 1. The number of hydrogen-bond donors (Lipinski definition) is 0. The molecule has 0 N–H and O–H groups in total. The van der Waals surface area contributed by atoms with E-state index < -0.39 is 0 Å². The lowest BCUT2D eigenvalue weighted by Crippen LogP contribution is -2.24. The minimum atomic E-state index is -0.174. The highest BCUT2D eigenvalue weighted by atomic mass is 32.1. The van der Waals surface area contributed by atoms with Gasteiger partial charge < -0.3 is 4.90 Å². The molecule has 4 heteroatoms. The molecule has 0 aliphatic carbocycles. The number of nitrogens with zero attached hydrogens (tertiary/aromatic N) is 2. The number of benzene rings is 1. The Bertz CT molecular complexity index is 740. The van der Waals surface area contributed by atoms with Gasteiger partial charge in [-0.1, -0.05) is 30.3 Å². The standard InChI is InChI=1S/C18H17FN2S/c1-14-6-4-10-20-18(14)21(13-16-8-5-11-22-16)12-15-7-2-3-9-17(15)19/h2-11H,12-13H2,1H3. The molecule has 2 aromatic heterocycles. The van der Waals surface area contributed by atoms with E-state index in [9.17, 15) is 4.39 Å². The maximum Gasteiger partial charge on any atom is 0.132 e. The van der Waals surface area contributed by atoms with E-state index in [4.69, 9.17) is 0 Å². The van der Waals surface area contributed by atoms with Crippen LogP contribution >= 0.6 is 11.3 Å². The molecule has 2 nitrogen and oxygen atoms in total. The minimum absolute atomic E-state index is 0.174. The average molecular weight is 312 g/mol. The summed E-state index contributed by atoms with van der Waals surface area (Å²) in [6.45, 7) is 3.26. The lowest BCUT2D eigenvalue weighted by Gasteiger charge is -2.25. The fourth-order valence-electron chi connectivity index (χ4n) is 2.44. The highest BCUT2D eigenvalue weighted by molar-refractivity contribution is 7.09. The highest BCUT2D eigenvalue weighted by Gasteiger charge is 2.14. The number of aryl methyl sites for hydroxylation is 1. The van der Waals surface area contributed by atoms with Crippen LogP contribution in [0.15, 0.2) is 60.1 Å². The van der Waals surface area contributed by atoms with Crippen LogP contribution in [-0.4, -0.2) is 4.98 Å². The number of pyridine rings is 1. The summed E-state index contributed by atoms with van der Waals surface area (Å²) in [6, 6.07) is 15.0. The topological polar surface area (TPSA) is 16.1 Å². The number of hydrogen-bond acceptors (Lipinski definition) is 3. The smallest absolute Gasteiger partial charge is 0.132 e. The van der Waals surface area contributed by atoms with Crippen molar-refractivity contribution in [2.24, 2.45) is 0 Å². The Kier molecular flexibility index (Phi) is 4.49. The fraction of sp³-hybridized carbons (Fsp3) is 0.167. The first-order valence-electron chi connectivity index (χ1n) is 7.16. The van der Waals surface area contributed by atoms with E-state index >= 15 is 0 Å². The van der Waals surface area contributed by atoms with Crippen LogP contribution in [0, 0.1) is 12.7 Å². The van der Waals surface area contributed by atoms with E-state index in [0.29, 0.717) is 12.1 Å². The molecule has 0 saturated heterocycles. The summed E-state index contributed by atoms with van der Waals surface area (Å²) < 4.78 is 14.0. The zero-order chi connectivity index (χ0) is 15.4. The van der Waals surface area contributed by atoms with Crippen LogP contribution in [0.3, 0.4) is 0 Å². The van der Waals surface area contributed by atoms with Gasteiger partial charge in [-0.15, -0.1) is 11.3 Å². The lowest BCUT2D eigenvalue weighted by molar-refractivity contribution is 0.603. The van der Waals surface area contributed by atoms with Gasteiger partial charge in [0.25, 0.3) is 0 Å². The van der Waals surface area contributed by atoms with Crippen LogP contribution in [-0.2, 0) is 13.1 Å². The molecule has 3 rings (SSSR count). The van der Waals surface area contributed by atoms with Crippen molar-refractivity contribution in [2.45, 2.75) is 20.0 Å². The third-order valence-corrected chi connectivity index (χ3v) is 4.39. The van der Waals surface area contributed by atoms with Gasteiger partial charge in [-0.2, -0.15) is 0 Å². The van der Waals surface area contributed by atoms with E-state index in [1.54, 1.807) is 23.6 Å². The molecule has 3 aromatic rings. The van der Waals surface area contributed by atoms with Crippen LogP contribution in [0.25, 0.3) is 0 Å². The number of aromatic nitrogens is 1. The number of halogens is 1. The van der Waals surface area contributed by atoms with Gasteiger partial charge in [0.1, 0.15) is 11.6 Å². The summed E-state index contributed by atoms with van der Waals surface area (Å²) in [5, 5.41) is 2.06. The molecule has 0 unspecified atom stereocenters. The molecular formula is C18H17FN2S. The Morgan fingerprint density at radius 3 is 2.64 bits per heavy atom. The summed E-state index contributed by atoms with van der Waals surface area (Å²) >= 11 is 1.70. The molecular weight excluding hydrogens is 295 g/mol. The Morgan fingerprint density at radius 2 is 1.91 bits per heavy atom. The van der Waals surface area contributed by atoms with E-state index in [1.165, 1.54) is 10.9 Å². The van der Waals surface area contributed by atoms with Crippen LogP contribution in [0.4, 0.5) is 10.2 Å². The monoisotopic (exact) mass is 312 g/mol. The molecule has 0 atom stereocenters. The molecule has 112 valence electrons. The summed E-state index contributed by atoms with van der Waals surface area (Å²) in [4.78, 5) is 7.86. The second-order valence-corrected chi connectivity index (χ2v) is 6.20. The summed E-state index contributed by atoms with van der Waals surface area (Å²) in [6.07, 6.45) is 1.78. The molecule has 2 heterocycles. The molecule has 0 fully saturated rings. The van der Waals surface area contributed by atoms with E-state index in [2.05, 4.69) is 21.3 Å². The van der Waals surface area contributed by atoms with E-state index in [0.717, 1.165) is 17.9 Å². The highest BCUT2D eigenvalue weighted by Crippen LogP contribution is 2.23. The van der Waals surface area contributed by atoms with Crippen molar-refractivity contribution in [3.05, 3.63) is 81.9 Å². The third-order valence-electron chi connectivity index (χ3n) is 3.53. The Hall–Kier alpha value is -2.20. The van der Waals surface area contributed by atoms with Gasteiger partial charge in [0.05, 0.1) is 6.54 Å². The van der Waals surface area contributed by atoms with Gasteiger partial charge >= 0.3 is 0 Å². The molecule has 0 spiro atoms. The van der Waals surface area contributed by atoms with Crippen LogP contribution in [0.2, 0.25) is 0 Å². The maximum absolute atomic E-state index is 14.0.